The van der Waals surface area contributed by atoms with Gasteiger partial charge in [0.15, 0.2) is 11.4 Å². The van der Waals surface area contributed by atoms with Crippen molar-refractivity contribution < 1.29 is 20.0 Å². The summed E-state index contributed by atoms with van der Waals surface area (Å²) in [4.78, 5) is 12.0. The minimum Gasteiger partial charge on any atom is -0.461 e. The van der Waals surface area contributed by atoms with Crippen molar-refractivity contribution in [3.8, 4) is 0 Å². The third-order valence-corrected chi connectivity index (χ3v) is 4.50. The Morgan fingerprint density at radius 3 is 2.30 bits per heavy atom. The molecule has 0 fully saturated rings. The summed E-state index contributed by atoms with van der Waals surface area (Å²) < 4.78 is 4.89. The molecular formula is C19H18Cl3N2O3+. The zero-order valence-electron chi connectivity index (χ0n) is 14.4. The van der Waals surface area contributed by atoms with Gasteiger partial charge in [-0.15, -0.1) is 0 Å². The largest absolute Gasteiger partial charge is 0.461 e. The highest BCUT2D eigenvalue weighted by molar-refractivity contribution is 6.43. The van der Waals surface area contributed by atoms with Crippen LogP contribution in [-0.2, 0) is 9.53 Å². The first-order chi connectivity index (χ1) is 12.9. The highest BCUT2D eigenvalue weighted by Gasteiger charge is 2.24. The molecule has 0 aliphatic rings. The summed E-state index contributed by atoms with van der Waals surface area (Å²) >= 11 is 18.2. The Kier molecular flexibility index (Phi) is 7.83. The number of carbonyl (C=O) groups is 1. The van der Waals surface area contributed by atoms with Crippen LogP contribution in [0.4, 0.5) is 5.69 Å². The number of nitrogens with two attached hydrogens (primary N) is 1. The first-order valence-corrected chi connectivity index (χ1v) is 9.16. The maximum Gasteiger partial charge on any atom is 0.356 e. The summed E-state index contributed by atoms with van der Waals surface area (Å²) in [7, 11) is 0. The van der Waals surface area contributed by atoms with Gasteiger partial charge in [-0.2, -0.15) is 0 Å². The van der Waals surface area contributed by atoms with Crippen LogP contribution in [-0.4, -0.2) is 30.0 Å². The van der Waals surface area contributed by atoms with Crippen molar-refractivity contribution in [2.24, 2.45) is 0 Å². The van der Waals surface area contributed by atoms with Crippen LogP contribution < -0.4 is 5.32 Å². The summed E-state index contributed by atoms with van der Waals surface area (Å²) in [6, 6.07) is 11.8. The molecule has 2 aromatic carbocycles. The van der Waals surface area contributed by atoms with Crippen LogP contribution in [0.5, 0.6) is 0 Å². The van der Waals surface area contributed by atoms with Gasteiger partial charge < -0.3 is 9.84 Å². The molecule has 2 aromatic rings. The lowest BCUT2D eigenvalue weighted by Gasteiger charge is -2.13. The van der Waals surface area contributed by atoms with E-state index in [2.05, 4.69) is 0 Å². The summed E-state index contributed by atoms with van der Waals surface area (Å²) in [5, 5.41) is 21.1. The van der Waals surface area contributed by atoms with E-state index in [0.29, 0.717) is 32.0 Å². The number of aliphatic hydroxyl groups is 1. The second-order valence-electron chi connectivity index (χ2n) is 5.46. The molecule has 142 valence electrons. The normalized spacial score (nSPS) is 11.7. The third-order valence-electron chi connectivity index (χ3n) is 3.68. The number of ether oxygens (including phenoxy) is 1. The van der Waals surface area contributed by atoms with Crippen LogP contribution in [0.25, 0.3) is 5.70 Å². The monoisotopic (exact) mass is 427 g/mol. The zero-order chi connectivity index (χ0) is 20.0. The number of hydrogen-bond donors (Lipinski definition) is 3. The molecule has 4 N–H and O–H groups in total. The highest BCUT2D eigenvalue weighted by Crippen LogP contribution is 2.24. The molecule has 0 radical (unpaired) electrons. The maximum atomic E-state index is 12.0. The lowest BCUT2D eigenvalue weighted by Crippen LogP contribution is -2.75. The molecule has 0 spiro atoms. The van der Waals surface area contributed by atoms with Crippen LogP contribution in [0.1, 0.15) is 12.5 Å². The van der Waals surface area contributed by atoms with E-state index in [1.54, 1.807) is 54.7 Å². The van der Waals surface area contributed by atoms with Gasteiger partial charge >= 0.3 is 5.97 Å². The van der Waals surface area contributed by atoms with Crippen LogP contribution in [0.3, 0.4) is 0 Å². The van der Waals surface area contributed by atoms with Gasteiger partial charge in [0.2, 0.25) is 0 Å². The molecule has 0 saturated heterocycles. The fraction of sp³-hybridized carbons (Fsp3) is 0.158. The summed E-state index contributed by atoms with van der Waals surface area (Å²) in [5.41, 5.74) is 1.42. The van der Waals surface area contributed by atoms with E-state index in [1.807, 2.05) is 0 Å². The molecule has 0 bridgehead atoms. The second kappa shape index (κ2) is 9.88. The van der Waals surface area contributed by atoms with E-state index in [-0.39, 0.29) is 12.2 Å². The molecule has 8 heteroatoms. The van der Waals surface area contributed by atoms with Gasteiger partial charge in [-0.1, -0.05) is 34.8 Å². The molecule has 0 aliphatic heterocycles. The van der Waals surface area contributed by atoms with Crippen LogP contribution in [0, 0.1) is 5.41 Å². The minimum absolute atomic E-state index is 0.113. The number of hydrogen-bond acceptors (Lipinski definition) is 4. The maximum absolute atomic E-state index is 12.0. The van der Waals surface area contributed by atoms with E-state index < -0.39 is 18.3 Å². The molecule has 0 amide bonds. The van der Waals surface area contributed by atoms with Crippen molar-refractivity contribution in [3.05, 3.63) is 68.7 Å². The minimum atomic E-state index is -0.816. The number of carbonyl (C=O) groups excluding carboxylic acids is 1. The van der Waals surface area contributed by atoms with E-state index in [0.717, 1.165) is 0 Å². The van der Waals surface area contributed by atoms with Gasteiger partial charge in [0.25, 0.3) is 0 Å². The summed E-state index contributed by atoms with van der Waals surface area (Å²) in [5.74, 6) is -0.816. The van der Waals surface area contributed by atoms with Gasteiger partial charge in [0, 0.05) is 21.7 Å². The zero-order valence-corrected chi connectivity index (χ0v) is 16.7. The third kappa shape index (κ3) is 5.54. The molecule has 5 nitrogen and oxygen atoms in total. The highest BCUT2D eigenvalue weighted by atomic mass is 35.5. The fourth-order valence-electron chi connectivity index (χ4n) is 2.37. The number of rotatable bonds is 7. The molecule has 0 aromatic heterocycles. The first-order valence-electron chi connectivity index (χ1n) is 8.03. The molecule has 0 aliphatic carbocycles. The summed E-state index contributed by atoms with van der Waals surface area (Å²) in [6.07, 6.45) is 0. The molecule has 2 rings (SSSR count). The Labute approximate surface area is 172 Å². The Morgan fingerprint density at radius 2 is 1.74 bits per heavy atom. The number of halogens is 3. The lowest BCUT2D eigenvalue weighted by molar-refractivity contribution is -0.469. The Bertz CT molecular complexity index is 880. The van der Waals surface area contributed by atoms with Crippen molar-refractivity contribution in [3.63, 3.8) is 0 Å². The second-order valence-corrected chi connectivity index (χ2v) is 6.74. The Hall–Kier alpha value is -1.89. The van der Waals surface area contributed by atoms with Crippen molar-refractivity contribution in [2.75, 3.05) is 13.2 Å². The van der Waals surface area contributed by atoms with Crippen molar-refractivity contribution in [1.82, 2.24) is 0 Å². The quantitative estimate of drug-likeness (QED) is 0.356. The van der Waals surface area contributed by atoms with Crippen LogP contribution in [0.2, 0.25) is 15.1 Å². The van der Waals surface area contributed by atoms with E-state index in [4.69, 9.17) is 44.9 Å². The van der Waals surface area contributed by atoms with Gasteiger partial charge in [-0.25, -0.2) is 4.79 Å². The first kappa shape index (κ1) is 21.4. The molecule has 0 atom stereocenters. The fourth-order valence-corrected chi connectivity index (χ4v) is 2.96. The molecular weight excluding hydrogens is 411 g/mol. The van der Waals surface area contributed by atoms with Gasteiger partial charge in [-0.05, 0) is 43.3 Å². The van der Waals surface area contributed by atoms with E-state index in [1.165, 1.54) is 0 Å². The Balaban J connectivity index is 2.58. The van der Waals surface area contributed by atoms with Crippen molar-refractivity contribution in [1.29, 1.82) is 5.41 Å². The van der Waals surface area contributed by atoms with Crippen LogP contribution in [0.15, 0.2) is 48.0 Å². The summed E-state index contributed by atoms with van der Waals surface area (Å²) in [6.45, 7) is 1.24. The number of nitrogens with one attached hydrogen (secondary N) is 1. The number of benzene rings is 2. The topological polar surface area (TPSA) is 87.0 Å². The van der Waals surface area contributed by atoms with Crippen LogP contribution >= 0.6 is 34.8 Å². The van der Waals surface area contributed by atoms with E-state index in [9.17, 15) is 9.90 Å². The Morgan fingerprint density at radius 1 is 1.11 bits per heavy atom. The molecule has 0 saturated carbocycles. The predicted octanol–water partition coefficient (Wildman–Crippen LogP) is 3.83. The average molecular weight is 429 g/mol. The molecule has 27 heavy (non-hydrogen) atoms. The smallest absolute Gasteiger partial charge is 0.356 e. The lowest BCUT2D eigenvalue weighted by atomic mass is 10.0. The standard InChI is InChI=1S/C19H17Cl3N2O3/c1-2-27-19(26)17(23)14(10-25)18(11-3-5-12(20)6-4-11)24-16-8-7-13(21)9-15(16)22/h3-9,23-25H,2,10H2,1H3/p+1/b18-14-,23-17?. The predicted molar refractivity (Wildman–Crippen MR) is 108 cm³/mol. The van der Waals surface area contributed by atoms with E-state index >= 15 is 0 Å². The van der Waals surface area contributed by atoms with Gasteiger partial charge in [0.05, 0.1) is 18.8 Å². The SMILES string of the molecule is CCOC(=O)C(=N)/C(CO)=C(\[NH2+]c1ccc(Cl)cc1Cl)c1ccc(Cl)cc1. The number of aliphatic hydroxyl groups excluding tert-OH is 1. The van der Waals surface area contributed by atoms with Crippen molar-refractivity contribution >= 4 is 57.9 Å². The average Bonchev–Trinajstić information content (AvgIpc) is 2.64. The van der Waals surface area contributed by atoms with Gasteiger partial charge in [-0.3, -0.25) is 10.7 Å². The van der Waals surface area contributed by atoms with Crippen molar-refractivity contribution in [2.45, 2.75) is 6.92 Å². The molecule has 0 heterocycles. The number of esters is 1. The van der Waals surface area contributed by atoms with Gasteiger partial charge in [0.1, 0.15) is 10.7 Å². The number of quaternary nitrogens is 1. The molecule has 0 unspecified atom stereocenters.